The largest absolute Gasteiger partial charge is 0.574 e. The van der Waals surface area contributed by atoms with Crippen molar-refractivity contribution in [1.82, 2.24) is 4.98 Å². The van der Waals surface area contributed by atoms with Crippen molar-refractivity contribution < 1.29 is 26.7 Å². The van der Waals surface area contributed by atoms with Crippen LogP contribution in [0.2, 0.25) is 5.15 Å². The van der Waals surface area contributed by atoms with Gasteiger partial charge in [0.1, 0.15) is 0 Å². The van der Waals surface area contributed by atoms with Gasteiger partial charge in [-0.1, -0.05) is 11.6 Å². The predicted octanol–water partition coefficient (Wildman–Crippen LogP) is 2.91. The average Bonchev–Trinajstić information content (AvgIpc) is 1.96. The lowest BCUT2D eigenvalue weighted by Crippen LogP contribution is -2.18. The molecule has 0 spiro atoms. The molecule has 1 aromatic rings. The summed E-state index contributed by atoms with van der Waals surface area (Å²) in [5.41, 5.74) is 0. The van der Waals surface area contributed by atoms with Crippen molar-refractivity contribution in [1.29, 1.82) is 0 Å². The number of alkyl halides is 3. The molecule has 0 bridgehead atoms. The highest BCUT2D eigenvalue weighted by molar-refractivity contribution is 6.29. The summed E-state index contributed by atoms with van der Waals surface area (Å²) < 4.78 is 62.9. The van der Waals surface area contributed by atoms with Crippen molar-refractivity contribution in [3.05, 3.63) is 22.9 Å². The number of halogens is 6. The third-order valence-electron chi connectivity index (χ3n) is 1.07. The standard InChI is InChI=1S/C6HClF5NO/c7-5-4(9)2(8)1-3(13-5)14-6(10,11)12/h1H. The summed E-state index contributed by atoms with van der Waals surface area (Å²) in [5.74, 6) is -4.24. The van der Waals surface area contributed by atoms with E-state index in [1.54, 1.807) is 0 Å². The Kier molecular flexibility index (Phi) is 2.79. The highest BCUT2D eigenvalue weighted by Gasteiger charge is 2.32. The molecule has 0 aliphatic carbocycles. The number of nitrogens with zero attached hydrogens (tertiary/aromatic N) is 1. The van der Waals surface area contributed by atoms with Crippen molar-refractivity contribution >= 4 is 11.6 Å². The quantitative estimate of drug-likeness (QED) is 0.550. The van der Waals surface area contributed by atoms with E-state index in [4.69, 9.17) is 11.6 Å². The first-order valence-electron chi connectivity index (χ1n) is 3.07. The normalized spacial score (nSPS) is 11.6. The molecular weight excluding hydrogens is 233 g/mol. The minimum absolute atomic E-state index is 0.148. The van der Waals surface area contributed by atoms with Crippen LogP contribution in [0.3, 0.4) is 0 Å². The third-order valence-corrected chi connectivity index (χ3v) is 1.32. The first kappa shape index (κ1) is 11.0. The van der Waals surface area contributed by atoms with Crippen LogP contribution >= 0.6 is 11.6 Å². The second-order valence-electron chi connectivity index (χ2n) is 2.09. The SMILES string of the molecule is Fc1cc(OC(F)(F)F)nc(Cl)c1F. The van der Waals surface area contributed by atoms with Crippen LogP contribution in [0.1, 0.15) is 0 Å². The summed E-state index contributed by atoms with van der Waals surface area (Å²) in [6, 6.07) is 0.148. The van der Waals surface area contributed by atoms with Crippen LogP contribution in [-0.4, -0.2) is 11.3 Å². The van der Waals surface area contributed by atoms with E-state index in [0.717, 1.165) is 0 Å². The Morgan fingerprint density at radius 3 is 2.29 bits per heavy atom. The summed E-state index contributed by atoms with van der Waals surface area (Å²) in [7, 11) is 0. The minimum atomic E-state index is -5.03. The van der Waals surface area contributed by atoms with E-state index >= 15 is 0 Å². The Labute approximate surface area is 79.3 Å². The molecule has 0 aliphatic rings. The second-order valence-corrected chi connectivity index (χ2v) is 2.45. The topological polar surface area (TPSA) is 22.1 Å². The lowest BCUT2D eigenvalue weighted by molar-refractivity contribution is -0.276. The monoisotopic (exact) mass is 233 g/mol. The van der Waals surface area contributed by atoms with Gasteiger partial charge >= 0.3 is 6.36 Å². The zero-order valence-electron chi connectivity index (χ0n) is 6.20. The molecule has 0 aromatic carbocycles. The van der Waals surface area contributed by atoms with Gasteiger partial charge in [0.2, 0.25) is 5.88 Å². The van der Waals surface area contributed by atoms with Crippen molar-refractivity contribution in [3.8, 4) is 5.88 Å². The van der Waals surface area contributed by atoms with E-state index in [1.807, 2.05) is 0 Å². The summed E-state index contributed by atoms with van der Waals surface area (Å²) in [6.07, 6.45) is -5.03. The Bertz CT molecular complexity index is 330. The highest BCUT2D eigenvalue weighted by atomic mass is 35.5. The zero-order valence-corrected chi connectivity index (χ0v) is 6.96. The molecule has 1 rings (SSSR count). The Morgan fingerprint density at radius 1 is 1.29 bits per heavy atom. The lowest BCUT2D eigenvalue weighted by Gasteiger charge is -2.07. The fourth-order valence-electron chi connectivity index (χ4n) is 0.619. The first-order chi connectivity index (χ1) is 6.29. The molecule has 0 atom stereocenters. The fourth-order valence-corrected chi connectivity index (χ4v) is 0.793. The summed E-state index contributed by atoms with van der Waals surface area (Å²) in [4.78, 5) is 2.83. The van der Waals surface area contributed by atoms with E-state index in [0.29, 0.717) is 0 Å². The van der Waals surface area contributed by atoms with Gasteiger partial charge in [-0.05, 0) is 0 Å². The maximum Gasteiger partial charge on any atom is 0.574 e. The second kappa shape index (κ2) is 3.56. The molecule has 0 N–H and O–H groups in total. The maximum atomic E-state index is 12.5. The fraction of sp³-hybridized carbons (Fsp3) is 0.167. The molecule has 0 saturated heterocycles. The van der Waals surface area contributed by atoms with E-state index in [-0.39, 0.29) is 6.07 Å². The van der Waals surface area contributed by atoms with Crippen molar-refractivity contribution in [3.63, 3.8) is 0 Å². The van der Waals surface area contributed by atoms with Crippen LogP contribution in [0.15, 0.2) is 6.07 Å². The molecule has 78 valence electrons. The summed E-state index contributed by atoms with van der Waals surface area (Å²) >= 11 is 4.97. The van der Waals surface area contributed by atoms with Gasteiger partial charge in [0.05, 0.1) is 0 Å². The van der Waals surface area contributed by atoms with Crippen LogP contribution in [-0.2, 0) is 0 Å². The Morgan fingerprint density at radius 2 is 1.86 bits per heavy atom. The van der Waals surface area contributed by atoms with Gasteiger partial charge in [-0.15, -0.1) is 13.2 Å². The summed E-state index contributed by atoms with van der Waals surface area (Å²) in [5, 5.41) is -1.02. The Hall–Kier alpha value is -1.11. The number of hydrogen-bond donors (Lipinski definition) is 0. The predicted molar refractivity (Wildman–Crippen MR) is 35.8 cm³/mol. The van der Waals surface area contributed by atoms with Gasteiger partial charge in [0, 0.05) is 6.07 Å². The molecule has 1 heterocycles. The highest BCUT2D eigenvalue weighted by Crippen LogP contribution is 2.25. The molecular formula is C6HClF5NO. The number of ether oxygens (including phenoxy) is 1. The average molecular weight is 234 g/mol. The van der Waals surface area contributed by atoms with Gasteiger partial charge in [0.15, 0.2) is 16.8 Å². The van der Waals surface area contributed by atoms with Gasteiger partial charge in [-0.25, -0.2) is 8.78 Å². The zero-order chi connectivity index (χ0) is 10.9. The molecule has 0 radical (unpaired) electrons. The molecule has 0 unspecified atom stereocenters. The van der Waals surface area contributed by atoms with Crippen molar-refractivity contribution in [2.24, 2.45) is 0 Å². The van der Waals surface area contributed by atoms with Crippen LogP contribution < -0.4 is 4.74 Å². The van der Waals surface area contributed by atoms with Crippen LogP contribution in [0.25, 0.3) is 0 Å². The molecule has 2 nitrogen and oxygen atoms in total. The van der Waals surface area contributed by atoms with Gasteiger partial charge in [-0.3, -0.25) is 0 Å². The molecule has 1 aromatic heterocycles. The number of pyridine rings is 1. The maximum absolute atomic E-state index is 12.5. The van der Waals surface area contributed by atoms with Crippen LogP contribution in [0, 0.1) is 11.6 Å². The Balaban J connectivity index is 3.02. The van der Waals surface area contributed by atoms with Crippen LogP contribution in [0.5, 0.6) is 5.88 Å². The van der Waals surface area contributed by atoms with E-state index in [2.05, 4.69) is 9.72 Å². The van der Waals surface area contributed by atoms with Crippen molar-refractivity contribution in [2.45, 2.75) is 6.36 Å². The van der Waals surface area contributed by atoms with Crippen molar-refractivity contribution in [2.75, 3.05) is 0 Å². The van der Waals surface area contributed by atoms with E-state index in [9.17, 15) is 22.0 Å². The summed E-state index contributed by atoms with van der Waals surface area (Å²) in [6.45, 7) is 0. The first-order valence-corrected chi connectivity index (χ1v) is 3.44. The van der Waals surface area contributed by atoms with Gasteiger partial charge < -0.3 is 4.74 Å². The van der Waals surface area contributed by atoms with Gasteiger partial charge in [0.25, 0.3) is 0 Å². The number of hydrogen-bond acceptors (Lipinski definition) is 2. The van der Waals surface area contributed by atoms with Crippen LogP contribution in [0.4, 0.5) is 22.0 Å². The lowest BCUT2D eigenvalue weighted by atomic mass is 10.4. The smallest absolute Gasteiger partial charge is 0.388 e. The van der Waals surface area contributed by atoms with E-state index in [1.165, 1.54) is 0 Å². The molecule has 0 amide bonds. The molecule has 8 heteroatoms. The van der Waals surface area contributed by atoms with Gasteiger partial charge in [-0.2, -0.15) is 4.98 Å². The third kappa shape index (κ3) is 2.69. The molecule has 14 heavy (non-hydrogen) atoms. The van der Waals surface area contributed by atoms with E-state index < -0.39 is 29.0 Å². The molecule has 0 saturated carbocycles. The molecule has 0 aliphatic heterocycles. The molecule has 0 fully saturated rings. The number of aromatic nitrogens is 1. The minimum Gasteiger partial charge on any atom is -0.388 e. The number of rotatable bonds is 1.